The highest BCUT2D eigenvalue weighted by Crippen LogP contribution is 2.35. The van der Waals surface area contributed by atoms with Crippen molar-refractivity contribution in [1.82, 2.24) is 25.4 Å². The van der Waals surface area contributed by atoms with E-state index in [0.717, 1.165) is 47.3 Å². The Morgan fingerprint density at radius 3 is 2.55 bits per heavy atom. The van der Waals surface area contributed by atoms with Gasteiger partial charge in [-0.1, -0.05) is 43.3 Å². The van der Waals surface area contributed by atoms with Gasteiger partial charge >= 0.3 is 0 Å². The molecule has 4 N–H and O–H groups in total. The number of carbonyl (C=O) groups excluding carboxylic acids is 4. The lowest BCUT2D eigenvalue weighted by Gasteiger charge is -2.41. The molecule has 1 aromatic heterocycles. The highest BCUT2D eigenvalue weighted by atomic mass is 16.2. The van der Waals surface area contributed by atoms with E-state index in [2.05, 4.69) is 26.3 Å². The number of hydrogen-bond donors (Lipinski definition) is 4. The fraction of sp³-hybridized carbons (Fsp3) is 0.447. The summed E-state index contributed by atoms with van der Waals surface area (Å²) in [5.41, 5.74) is 4.66. The minimum absolute atomic E-state index is 0.0869. The highest BCUT2D eigenvalue weighted by Gasteiger charge is 2.41. The molecule has 11 nitrogen and oxygen atoms in total. The lowest BCUT2D eigenvalue weighted by molar-refractivity contribution is -0.149. The number of benzene rings is 2. The van der Waals surface area contributed by atoms with Gasteiger partial charge in [0.25, 0.3) is 0 Å². The fourth-order valence-corrected chi connectivity index (χ4v) is 7.25. The van der Waals surface area contributed by atoms with Crippen molar-refractivity contribution >= 4 is 35.1 Å². The van der Waals surface area contributed by atoms with Gasteiger partial charge in [0.2, 0.25) is 23.6 Å². The summed E-state index contributed by atoms with van der Waals surface area (Å²) in [5, 5.41) is 12.4. The molecule has 3 aliphatic heterocycles. The number of hydrogen-bond acceptors (Lipinski definition) is 7. The number of rotatable bonds is 10. The molecule has 0 radical (unpaired) electrons. The minimum Gasteiger partial charge on any atom is -0.343 e. The van der Waals surface area contributed by atoms with Crippen molar-refractivity contribution in [2.45, 2.75) is 58.5 Å². The van der Waals surface area contributed by atoms with Crippen molar-refractivity contribution in [3.8, 4) is 0 Å². The Bertz CT molecular complexity index is 1690. The molecule has 2 aromatic carbocycles. The summed E-state index contributed by atoms with van der Waals surface area (Å²) in [6, 6.07) is 17.4. The van der Waals surface area contributed by atoms with E-state index in [1.54, 1.807) is 11.1 Å². The number of pyridine rings is 1. The number of nitrogens with one attached hydrogen (secondary N) is 4. The second kappa shape index (κ2) is 15.3. The van der Waals surface area contributed by atoms with E-state index in [1.165, 1.54) is 0 Å². The van der Waals surface area contributed by atoms with E-state index in [-0.39, 0.29) is 43.1 Å². The van der Waals surface area contributed by atoms with Gasteiger partial charge in [0, 0.05) is 56.3 Å². The molecular formula is C38H47N7O4. The Balaban J connectivity index is 1.17. The molecule has 4 heterocycles. The van der Waals surface area contributed by atoms with Crippen LogP contribution in [0.3, 0.4) is 0 Å². The number of piperidine rings is 1. The molecule has 3 aromatic rings. The van der Waals surface area contributed by atoms with Gasteiger partial charge < -0.3 is 31.1 Å². The number of fused-ring (bicyclic) bond motifs is 2. The molecule has 1 atom stereocenters. The summed E-state index contributed by atoms with van der Waals surface area (Å²) >= 11 is 0. The normalized spacial score (nSPS) is 18.4. The molecule has 258 valence electrons. The highest BCUT2D eigenvalue weighted by molar-refractivity contribution is 5.96. The van der Waals surface area contributed by atoms with Gasteiger partial charge in [-0.05, 0) is 91.3 Å². The lowest BCUT2D eigenvalue weighted by Crippen LogP contribution is -2.51. The number of aromatic nitrogens is 1. The van der Waals surface area contributed by atoms with Crippen LogP contribution >= 0.6 is 0 Å². The third-order valence-corrected chi connectivity index (χ3v) is 10.2. The summed E-state index contributed by atoms with van der Waals surface area (Å²) in [6.45, 7) is 5.66. The molecular weight excluding hydrogens is 618 g/mol. The van der Waals surface area contributed by atoms with Crippen molar-refractivity contribution in [2.24, 2.45) is 11.3 Å². The number of anilines is 2. The van der Waals surface area contributed by atoms with Gasteiger partial charge in [-0.15, -0.1) is 0 Å². The molecule has 0 bridgehead atoms. The first-order valence-electron chi connectivity index (χ1n) is 17.4. The minimum atomic E-state index is -0.703. The van der Waals surface area contributed by atoms with Crippen molar-refractivity contribution < 1.29 is 19.2 Å². The largest absolute Gasteiger partial charge is 0.343 e. The van der Waals surface area contributed by atoms with Gasteiger partial charge in [-0.2, -0.15) is 0 Å². The van der Waals surface area contributed by atoms with Gasteiger partial charge in [0.1, 0.15) is 12.4 Å². The SMILES string of the molecule is CNCc1ccccc1CN(CC(=O)Nc1ccc2c(c1)CC(=O)Nc1ncccc1C2)C(=O)C1(C)CCN(C(=O)C[C@H]2CCNC2)CC1. The van der Waals surface area contributed by atoms with Crippen LogP contribution in [0, 0.1) is 11.3 Å². The van der Waals surface area contributed by atoms with E-state index in [4.69, 9.17) is 0 Å². The maximum atomic E-state index is 14.4. The summed E-state index contributed by atoms with van der Waals surface area (Å²) in [6.07, 6.45) is 5.09. The first-order chi connectivity index (χ1) is 23.7. The van der Waals surface area contributed by atoms with E-state index in [9.17, 15) is 19.2 Å². The third kappa shape index (κ3) is 8.34. The van der Waals surface area contributed by atoms with Crippen molar-refractivity contribution in [3.05, 3.63) is 88.6 Å². The average Bonchev–Trinajstić information content (AvgIpc) is 3.59. The third-order valence-electron chi connectivity index (χ3n) is 10.2. The van der Waals surface area contributed by atoms with Gasteiger partial charge in [-0.25, -0.2) is 4.98 Å². The summed E-state index contributed by atoms with van der Waals surface area (Å²) < 4.78 is 0. The Morgan fingerprint density at radius 1 is 1.00 bits per heavy atom. The van der Waals surface area contributed by atoms with E-state index >= 15 is 0 Å². The monoisotopic (exact) mass is 665 g/mol. The maximum absolute atomic E-state index is 14.4. The Labute approximate surface area is 288 Å². The lowest BCUT2D eigenvalue weighted by atomic mass is 9.78. The molecule has 4 amide bonds. The van der Waals surface area contributed by atoms with Crippen LogP contribution in [0.5, 0.6) is 0 Å². The first kappa shape index (κ1) is 34.3. The van der Waals surface area contributed by atoms with Gasteiger partial charge in [0.05, 0.1) is 6.42 Å². The zero-order valence-electron chi connectivity index (χ0n) is 28.5. The van der Waals surface area contributed by atoms with Crippen LogP contribution in [0.4, 0.5) is 11.5 Å². The standard InChI is InChI=1S/C38H47N7O4/c1-38(12-16-44(17-13-38)35(48)18-26-11-15-40-22-26)37(49)45(24-30-7-4-3-6-29(30)23-39-2)25-34(47)42-32-10-9-27-19-28-8-5-14-41-36(28)43-33(46)21-31(27)20-32/h3-10,14,20,26,39-40H,11-13,15-19,21-25H2,1-2H3,(H,42,47)(H,41,43,46)/t26-/m1/s1. The maximum Gasteiger partial charge on any atom is 0.244 e. The Hall–Kier alpha value is -4.61. The Kier molecular flexibility index (Phi) is 10.7. The average molecular weight is 666 g/mol. The van der Waals surface area contributed by atoms with Crippen LogP contribution in [0.2, 0.25) is 0 Å². The molecule has 0 saturated carbocycles. The first-order valence-corrected chi connectivity index (χ1v) is 17.4. The van der Waals surface area contributed by atoms with E-state index in [0.29, 0.717) is 62.7 Å². The van der Waals surface area contributed by atoms with Crippen LogP contribution in [0.25, 0.3) is 0 Å². The van der Waals surface area contributed by atoms with Crippen LogP contribution in [-0.4, -0.2) is 78.2 Å². The van der Waals surface area contributed by atoms with Crippen LogP contribution in [-0.2, 0) is 45.1 Å². The molecule has 49 heavy (non-hydrogen) atoms. The van der Waals surface area contributed by atoms with Crippen molar-refractivity contribution in [1.29, 1.82) is 0 Å². The number of carbonyl (C=O) groups is 4. The molecule has 2 saturated heterocycles. The van der Waals surface area contributed by atoms with Crippen molar-refractivity contribution in [3.63, 3.8) is 0 Å². The molecule has 3 aliphatic rings. The number of nitrogens with zero attached hydrogens (tertiary/aromatic N) is 3. The molecule has 0 unspecified atom stereocenters. The predicted octanol–water partition coefficient (Wildman–Crippen LogP) is 3.48. The topological polar surface area (TPSA) is 136 Å². The van der Waals surface area contributed by atoms with E-state index in [1.807, 2.05) is 73.5 Å². The number of amides is 4. The molecule has 6 rings (SSSR count). The van der Waals surface area contributed by atoms with Crippen LogP contribution < -0.4 is 21.3 Å². The van der Waals surface area contributed by atoms with Crippen molar-refractivity contribution in [2.75, 3.05) is 50.4 Å². The fourth-order valence-electron chi connectivity index (χ4n) is 7.25. The van der Waals surface area contributed by atoms with Crippen LogP contribution in [0.15, 0.2) is 60.8 Å². The summed E-state index contributed by atoms with van der Waals surface area (Å²) in [7, 11) is 1.88. The van der Waals surface area contributed by atoms with E-state index < -0.39 is 5.41 Å². The zero-order valence-corrected chi connectivity index (χ0v) is 28.5. The van der Waals surface area contributed by atoms with Crippen LogP contribution in [0.1, 0.15) is 60.4 Å². The zero-order chi connectivity index (χ0) is 34.4. The molecule has 0 spiro atoms. The molecule has 2 fully saturated rings. The summed E-state index contributed by atoms with van der Waals surface area (Å²) in [5.74, 6) is 0.545. The quantitative estimate of drug-likeness (QED) is 0.261. The molecule has 11 heteroatoms. The number of likely N-dealkylation sites (tertiary alicyclic amines) is 1. The Morgan fingerprint density at radius 2 is 1.80 bits per heavy atom. The van der Waals surface area contributed by atoms with Gasteiger partial charge in [-0.3, -0.25) is 19.2 Å². The summed E-state index contributed by atoms with van der Waals surface area (Å²) in [4.78, 5) is 61.8. The van der Waals surface area contributed by atoms with Gasteiger partial charge in [0.15, 0.2) is 0 Å². The predicted molar refractivity (Wildman–Crippen MR) is 189 cm³/mol. The second-order valence-corrected chi connectivity index (χ2v) is 13.9. The molecule has 0 aliphatic carbocycles. The second-order valence-electron chi connectivity index (χ2n) is 13.9. The smallest absolute Gasteiger partial charge is 0.244 e.